The third kappa shape index (κ3) is 6.62. The summed E-state index contributed by atoms with van der Waals surface area (Å²) in [5.41, 5.74) is 0.348. The van der Waals surface area contributed by atoms with Crippen molar-refractivity contribution in [3.05, 3.63) is 12.2 Å². The Morgan fingerprint density at radius 2 is 2.07 bits per heavy atom. The molecule has 0 saturated heterocycles. The molecule has 1 N–H and O–H groups in total. The average Bonchev–Trinajstić information content (AvgIpc) is 1.96. The van der Waals surface area contributed by atoms with Crippen LogP contribution in [0.3, 0.4) is 0 Å². The first-order chi connectivity index (χ1) is 6.22. The van der Waals surface area contributed by atoms with Gasteiger partial charge in [-0.1, -0.05) is 6.58 Å². The van der Waals surface area contributed by atoms with Crippen molar-refractivity contribution in [3.63, 3.8) is 0 Å². The van der Waals surface area contributed by atoms with Gasteiger partial charge >= 0.3 is 5.97 Å². The fraction of sp³-hybridized carbons (Fsp3) is 0.700. The van der Waals surface area contributed by atoms with Crippen LogP contribution in [-0.4, -0.2) is 29.6 Å². The summed E-state index contributed by atoms with van der Waals surface area (Å²) in [7, 11) is 0. The van der Waals surface area contributed by atoms with Crippen molar-refractivity contribution < 1.29 is 19.4 Å². The number of hydrogen-bond acceptors (Lipinski definition) is 4. The Balaban J connectivity index is 3.80. The highest BCUT2D eigenvalue weighted by Crippen LogP contribution is 2.08. The summed E-state index contributed by atoms with van der Waals surface area (Å²) in [6.45, 7) is 9.87. The largest absolute Gasteiger partial charge is 0.460 e. The van der Waals surface area contributed by atoms with E-state index in [0.29, 0.717) is 5.57 Å². The predicted molar refractivity (Wildman–Crippen MR) is 52.6 cm³/mol. The van der Waals surface area contributed by atoms with Crippen molar-refractivity contribution in [2.75, 3.05) is 6.61 Å². The maximum Gasteiger partial charge on any atom is 0.333 e. The number of esters is 1. The molecule has 0 heterocycles. The van der Waals surface area contributed by atoms with Gasteiger partial charge in [-0.15, -0.1) is 0 Å². The molecule has 0 fully saturated rings. The maximum atomic E-state index is 11.0. The monoisotopic (exact) mass is 202 g/mol. The van der Waals surface area contributed by atoms with Gasteiger partial charge in [-0.2, -0.15) is 0 Å². The second-order valence-electron chi connectivity index (χ2n) is 3.75. The fourth-order valence-corrected chi connectivity index (χ4v) is 0.843. The molecule has 0 spiro atoms. The summed E-state index contributed by atoms with van der Waals surface area (Å²) in [5.74, 6) is -1.66. The van der Waals surface area contributed by atoms with E-state index in [1.807, 2.05) is 0 Å². The minimum Gasteiger partial charge on any atom is -0.460 e. The summed E-state index contributed by atoms with van der Waals surface area (Å²) >= 11 is 0. The van der Waals surface area contributed by atoms with Crippen LogP contribution in [0, 0.1) is 0 Å². The lowest BCUT2D eigenvalue weighted by Crippen LogP contribution is -2.31. The van der Waals surface area contributed by atoms with Crippen molar-refractivity contribution in [3.8, 4) is 0 Å². The Morgan fingerprint density at radius 3 is 2.43 bits per heavy atom. The zero-order valence-electron chi connectivity index (χ0n) is 9.16. The molecule has 0 rings (SSSR count). The van der Waals surface area contributed by atoms with E-state index < -0.39 is 11.8 Å². The molecule has 0 bridgehead atoms. The molecule has 0 radical (unpaired) electrons. The summed E-state index contributed by atoms with van der Waals surface area (Å²) in [6.07, 6.45) is -0.349. The average molecular weight is 202 g/mol. The van der Waals surface area contributed by atoms with Crippen LogP contribution in [-0.2, 0) is 14.3 Å². The molecular weight excluding hydrogens is 184 g/mol. The predicted octanol–water partition coefficient (Wildman–Crippen LogP) is 1.24. The molecule has 0 saturated carbocycles. The summed E-state index contributed by atoms with van der Waals surface area (Å²) in [5, 5.41) is 9.28. The van der Waals surface area contributed by atoms with Crippen molar-refractivity contribution in [2.45, 2.75) is 39.6 Å². The molecule has 0 aromatic rings. The molecule has 0 amide bonds. The van der Waals surface area contributed by atoms with Crippen LogP contribution in [0.2, 0.25) is 0 Å². The van der Waals surface area contributed by atoms with Gasteiger partial charge in [0.25, 0.3) is 0 Å². The fourth-order valence-electron chi connectivity index (χ4n) is 0.843. The standard InChI is InChI=1S/C10H18O4/c1-7(2)9(11)13-6-8(3)14-10(4,5)12/h8,12H,1,6H2,2-5H3. The molecule has 0 aliphatic heterocycles. The molecule has 0 aliphatic carbocycles. The third-order valence-electron chi connectivity index (χ3n) is 1.29. The van der Waals surface area contributed by atoms with Crippen LogP contribution in [0.4, 0.5) is 0 Å². The van der Waals surface area contributed by atoms with Gasteiger partial charge in [0.15, 0.2) is 5.79 Å². The summed E-state index contributed by atoms with van der Waals surface area (Å²) in [4.78, 5) is 11.0. The zero-order chi connectivity index (χ0) is 11.4. The number of carbonyl (C=O) groups is 1. The topological polar surface area (TPSA) is 55.8 Å². The summed E-state index contributed by atoms with van der Waals surface area (Å²) < 4.78 is 9.95. The number of ether oxygens (including phenoxy) is 2. The quantitative estimate of drug-likeness (QED) is 0.414. The van der Waals surface area contributed by atoms with Gasteiger partial charge in [-0.25, -0.2) is 4.79 Å². The van der Waals surface area contributed by atoms with Crippen molar-refractivity contribution in [1.29, 1.82) is 0 Å². The Hall–Kier alpha value is -0.870. The molecule has 4 heteroatoms. The SMILES string of the molecule is C=C(C)C(=O)OCC(C)OC(C)(C)O. The smallest absolute Gasteiger partial charge is 0.333 e. The lowest BCUT2D eigenvalue weighted by atomic mass is 10.3. The molecule has 4 nitrogen and oxygen atoms in total. The van der Waals surface area contributed by atoms with Crippen LogP contribution >= 0.6 is 0 Å². The number of hydrogen-bond donors (Lipinski definition) is 1. The molecule has 0 aromatic heterocycles. The van der Waals surface area contributed by atoms with Gasteiger partial charge in [0.1, 0.15) is 6.61 Å². The van der Waals surface area contributed by atoms with Gasteiger partial charge < -0.3 is 14.6 Å². The lowest BCUT2D eigenvalue weighted by molar-refractivity contribution is -0.211. The first-order valence-corrected chi connectivity index (χ1v) is 4.45. The van der Waals surface area contributed by atoms with Crippen LogP contribution in [0.5, 0.6) is 0 Å². The Kier molecular flexibility index (Phi) is 4.80. The van der Waals surface area contributed by atoms with Crippen molar-refractivity contribution >= 4 is 5.97 Å². The van der Waals surface area contributed by atoms with E-state index in [0.717, 1.165) is 0 Å². The van der Waals surface area contributed by atoms with Crippen LogP contribution in [0.1, 0.15) is 27.7 Å². The molecule has 0 aromatic carbocycles. The van der Waals surface area contributed by atoms with Gasteiger partial charge in [-0.3, -0.25) is 0 Å². The number of aliphatic hydroxyl groups is 1. The highest BCUT2D eigenvalue weighted by molar-refractivity contribution is 5.86. The number of carbonyl (C=O) groups excluding carboxylic acids is 1. The molecule has 0 aliphatic rings. The molecule has 14 heavy (non-hydrogen) atoms. The molecular formula is C10H18O4. The van der Waals surface area contributed by atoms with Gasteiger partial charge in [0.05, 0.1) is 6.10 Å². The Bertz CT molecular complexity index is 215. The first-order valence-electron chi connectivity index (χ1n) is 4.45. The molecule has 1 unspecified atom stereocenters. The van der Waals surface area contributed by atoms with E-state index in [4.69, 9.17) is 9.47 Å². The lowest BCUT2D eigenvalue weighted by Gasteiger charge is -2.23. The third-order valence-corrected chi connectivity index (χ3v) is 1.29. The van der Waals surface area contributed by atoms with E-state index in [1.54, 1.807) is 13.8 Å². The minimum absolute atomic E-state index is 0.107. The zero-order valence-corrected chi connectivity index (χ0v) is 9.16. The molecule has 82 valence electrons. The van der Waals surface area contributed by atoms with E-state index in [1.165, 1.54) is 13.8 Å². The van der Waals surface area contributed by atoms with Gasteiger partial charge in [0, 0.05) is 5.57 Å². The van der Waals surface area contributed by atoms with E-state index in [-0.39, 0.29) is 12.7 Å². The normalized spacial score (nSPS) is 13.5. The van der Waals surface area contributed by atoms with E-state index in [9.17, 15) is 9.90 Å². The van der Waals surface area contributed by atoms with Crippen LogP contribution in [0.15, 0.2) is 12.2 Å². The van der Waals surface area contributed by atoms with E-state index >= 15 is 0 Å². The summed E-state index contributed by atoms with van der Waals surface area (Å²) in [6, 6.07) is 0. The van der Waals surface area contributed by atoms with Gasteiger partial charge in [0.2, 0.25) is 0 Å². The highest BCUT2D eigenvalue weighted by Gasteiger charge is 2.18. The number of rotatable bonds is 5. The Morgan fingerprint density at radius 1 is 1.57 bits per heavy atom. The van der Waals surface area contributed by atoms with Crippen molar-refractivity contribution in [1.82, 2.24) is 0 Å². The molecule has 1 atom stereocenters. The van der Waals surface area contributed by atoms with Gasteiger partial charge in [-0.05, 0) is 27.7 Å². The minimum atomic E-state index is -1.21. The second-order valence-corrected chi connectivity index (χ2v) is 3.75. The second kappa shape index (κ2) is 5.12. The Labute approximate surface area is 84.5 Å². The van der Waals surface area contributed by atoms with E-state index in [2.05, 4.69) is 6.58 Å². The van der Waals surface area contributed by atoms with Crippen molar-refractivity contribution in [2.24, 2.45) is 0 Å². The first kappa shape index (κ1) is 13.1. The van der Waals surface area contributed by atoms with Crippen LogP contribution < -0.4 is 0 Å². The maximum absolute atomic E-state index is 11.0. The van der Waals surface area contributed by atoms with Crippen LogP contribution in [0.25, 0.3) is 0 Å². The highest BCUT2D eigenvalue weighted by atomic mass is 16.6.